The molecule has 2 atom stereocenters. The number of aryl methyl sites for hydroxylation is 2. The summed E-state index contributed by atoms with van der Waals surface area (Å²) in [6, 6.07) is 13.8. The molecule has 0 saturated heterocycles. The summed E-state index contributed by atoms with van der Waals surface area (Å²) in [6.07, 6.45) is 2.50. The van der Waals surface area contributed by atoms with Gasteiger partial charge in [0, 0.05) is 13.5 Å². The van der Waals surface area contributed by atoms with Crippen LogP contribution in [0.1, 0.15) is 49.7 Å². The molecule has 0 aliphatic heterocycles. The van der Waals surface area contributed by atoms with Gasteiger partial charge in [-0.15, -0.1) is 0 Å². The van der Waals surface area contributed by atoms with E-state index >= 15 is 0 Å². The van der Waals surface area contributed by atoms with Gasteiger partial charge in [-0.1, -0.05) is 55.8 Å². The monoisotopic (exact) mass is 567 g/mol. The molecule has 0 fully saturated rings. The lowest BCUT2D eigenvalue weighted by Gasteiger charge is -2.19. The summed E-state index contributed by atoms with van der Waals surface area (Å²) >= 11 is 0. The van der Waals surface area contributed by atoms with Crippen LogP contribution in [0.25, 0.3) is 11.2 Å². The van der Waals surface area contributed by atoms with Gasteiger partial charge in [0.05, 0.1) is 18.0 Å². The Morgan fingerprint density at radius 3 is 2.40 bits per heavy atom. The highest BCUT2D eigenvalue weighted by Crippen LogP contribution is 2.26. The number of unbranched alkanes of at least 4 members (excludes halogenated alkanes) is 1. The number of benzene rings is 2. The van der Waals surface area contributed by atoms with Gasteiger partial charge in [-0.3, -0.25) is 19.1 Å². The molecule has 0 saturated carbocycles. The third-order valence-electron chi connectivity index (χ3n) is 6.90. The number of H-pyrrole nitrogens is 1. The minimum absolute atomic E-state index is 0.0210. The van der Waals surface area contributed by atoms with Crippen LogP contribution in [-0.4, -0.2) is 46.6 Å². The van der Waals surface area contributed by atoms with Crippen molar-refractivity contribution in [1.82, 2.24) is 23.8 Å². The quantitative estimate of drug-likeness (QED) is 0.265. The van der Waals surface area contributed by atoms with Crippen LogP contribution >= 0.6 is 0 Å². The number of rotatable bonds is 11. The van der Waals surface area contributed by atoms with Gasteiger partial charge in [0.1, 0.15) is 11.9 Å². The summed E-state index contributed by atoms with van der Waals surface area (Å²) in [7, 11) is -1.30. The second-order valence-electron chi connectivity index (χ2n) is 9.62. The van der Waals surface area contributed by atoms with E-state index in [1.807, 2.05) is 25.1 Å². The van der Waals surface area contributed by atoms with Gasteiger partial charge in [0.2, 0.25) is 10.0 Å². The largest absolute Gasteiger partial charge is 0.468 e. The fourth-order valence-electron chi connectivity index (χ4n) is 4.67. The van der Waals surface area contributed by atoms with Crippen molar-refractivity contribution < 1.29 is 17.9 Å². The molecule has 0 radical (unpaired) electrons. The Morgan fingerprint density at radius 2 is 1.77 bits per heavy atom. The van der Waals surface area contributed by atoms with Crippen LogP contribution in [0.3, 0.4) is 0 Å². The number of carbonyl (C=O) groups is 1. The third kappa shape index (κ3) is 5.92. The van der Waals surface area contributed by atoms with Gasteiger partial charge in [-0.05, 0) is 43.0 Å². The van der Waals surface area contributed by atoms with E-state index in [1.165, 1.54) is 23.8 Å². The smallest absolute Gasteiger partial charge is 0.329 e. The summed E-state index contributed by atoms with van der Waals surface area (Å²) in [5.41, 5.74) is 1.01. The topological polar surface area (TPSA) is 145 Å². The summed E-state index contributed by atoms with van der Waals surface area (Å²) in [6.45, 7) is 3.94. The van der Waals surface area contributed by atoms with Crippen molar-refractivity contribution in [2.45, 2.75) is 56.5 Å². The predicted octanol–water partition coefficient (Wildman–Crippen LogP) is 2.44. The van der Waals surface area contributed by atoms with E-state index in [1.54, 1.807) is 35.9 Å². The van der Waals surface area contributed by atoms with Crippen LogP contribution in [0.2, 0.25) is 0 Å². The van der Waals surface area contributed by atoms with Gasteiger partial charge < -0.3 is 9.30 Å². The molecule has 0 aliphatic rings. The van der Waals surface area contributed by atoms with E-state index < -0.39 is 33.3 Å². The first kappa shape index (κ1) is 29.0. The summed E-state index contributed by atoms with van der Waals surface area (Å²) in [4.78, 5) is 44.3. The number of aromatic amines is 1. The Kier molecular flexibility index (Phi) is 8.70. The Labute approximate surface area is 231 Å². The fraction of sp³-hybridized carbons (Fsp3) is 0.357. The van der Waals surface area contributed by atoms with Crippen LogP contribution in [0.5, 0.6) is 0 Å². The van der Waals surface area contributed by atoms with Crippen LogP contribution in [0.4, 0.5) is 0 Å². The highest BCUT2D eigenvalue weighted by atomic mass is 32.2. The Bertz CT molecular complexity index is 1720. The zero-order valence-corrected chi connectivity index (χ0v) is 23.7. The van der Waals surface area contributed by atoms with Gasteiger partial charge in [-0.2, -0.15) is 4.72 Å². The number of imidazole rings is 1. The number of sulfonamides is 1. The molecule has 0 bridgehead atoms. The van der Waals surface area contributed by atoms with Crippen molar-refractivity contribution in [3.63, 3.8) is 0 Å². The lowest BCUT2D eigenvalue weighted by Crippen LogP contribution is -2.42. The molecule has 1 unspecified atom stereocenters. The molecule has 4 rings (SSSR count). The van der Waals surface area contributed by atoms with Crippen molar-refractivity contribution in [3.8, 4) is 0 Å². The molecular weight excluding hydrogens is 534 g/mol. The number of carbonyl (C=O) groups excluding carboxylic acids is 1. The van der Waals surface area contributed by atoms with Crippen LogP contribution < -0.4 is 16.0 Å². The standard InChI is InChI=1S/C28H33N5O6S/c1-5-6-12-23-29-25-24(26(34)30-28(36)32(25)3)33(23)18(2)20-13-15-21(16-14-20)40(37,38)31-22(27(35)39-4)17-19-10-8-7-9-11-19/h7-11,13-16,18,22,31H,5-6,12,17H2,1-4H3,(H,30,34,36)/t18?,22-/m1/s1. The number of ether oxygens (including phenoxy) is 1. The first-order chi connectivity index (χ1) is 19.1. The highest BCUT2D eigenvalue weighted by molar-refractivity contribution is 7.89. The van der Waals surface area contributed by atoms with Crippen molar-refractivity contribution in [1.29, 1.82) is 0 Å². The van der Waals surface area contributed by atoms with E-state index in [2.05, 4.69) is 21.6 Å². The molecule has 2 aromatic heterocycles. The SMILES string of the molecule is CCCCc1nc2c(c(=O)[nH]c(=O)n2C)n1C(C)c1ccc(S(=O)(=O)N[C@H](Cc2ccccc2)C(=O)OC)cc1. The molecule has 11 nitrogen and oxygen atoms in total. The lowest BCUT2D eigenvalue weighted by molar-refractivity contribution is -0.142. The number of esters is 1. The first-order valence-electron chi connectivity index (χ1n) is 13.0. The number of hydrogen-bond acceptors (Lipinski definition) is 7. The van der Waals surface area contributed by atoms with E-state index in [0.717, 1.165) is 24.0 Å². The van der Waals surface area contributed by atoms with E-state index in [9.17, 15) is 22.8 Å². The van der Waals surface area contributed by atoms with E-state index in [4.69, 9.17) is 4.74 Å². The fourth-order valence-corrected chi connectivity index (χ4v) is 5.86. The third-order valence-corrected chi connectivity index (χ3v) is 8.39. The van der Waals surface area contributed by atoms with Crippen LogP contribution in [-0.2, 0) is 39.4 Å². The van der Waals surface area contributed by atoms with Crippen molar-refractivity contribution in [3.05, 3.63) is 92.4 Å². The number of nitrogens with one attached hydrogen (secondary N) is 2. The molecule has 4 aromatic rings. The average Bonchev–Trinajstić information content (AvgIpc) is 3.34. The lowest BCUT2D eigenvalue weighted by atomic mass is 10.1. The first-order valence-corrected chi connectivity index (χ1v) is 14.5. The van der Waals surface area contributed by atoms with Gasteiger partial charge in [0.25, 0.3) is 5.56 Å². The normalized spacial score (nSPS) is 13.3. The van der Waals surface area contributed by atoms with Gasteiger partial charge in [0.15, 0.2) is 11.2 Å². The summed E-state index contributed by atoms with van der Waals surface area (Å²) in [5.74, 6) is -0.0277. The molecule has 2 aromatic carbocycles. The number of nitrogens with zero attached hydrogens (tertiary/aromatic N) is 3. The van der Waals surface area contributed by atoms with Gasteiger partial charge >= 0.3 is 11.7 Å². The molecule has 40 heavy (non-hydrogen) atoms. The number of hydrogen-bond donors (Lipinski definition) is 2. The average molecular weight is 568 g/mol. The van der Waals surface area contributed by atoms with Crippen LogP contribution in [0, 0.1) is 0 Å². The van der Waals surface area contributed by atoms with Crippen LogP contribution in [0.15, 0.2) is 69.1 Å². The van der Waals surface area contributed by atoms with Crippen molar-refractivity contribution in [2.24, 2.45) is 7.05 Å². The Hall–Kier alpha value is -4.03. The maximum Gasteiger partial charge on any atom is 0.329 e. The Balaban J connectivity index is 1.66. The molecule has 0 amide bonds. The molecule has 212 valence electrons. The number of aromatic nitrogens is 4. The van der Waals surface area contributed by atoms with Crippen molar-refractivity contribution >= 4 is 27.2 Å². The molecule has 2 N–H and O–H groups in total. The minimum atomic E-state index is -4.07. The summed E-state index contributed by atoms with van der Waals surface area (Å²) in [5, 5.41) is 0. The van der Waals surface area contributed by atoms with Crippen molar-refractivity contribution in [2.75, 3.05) is 7.11 Å². The maximum absolute atomic E-state index is 13.2. The molecule has 12 heteroatoms. The zero-order chi connectivity index (χ0) is 29.0. The second-order valence-corrected chi connectivity index (χ2v) is 11.3. The second kappa shape index (κ2) is 12.0. The Morgan fingerprint density at radius 1 is 1.10 bits per heavy atom. The molecular formula is C28H33N5O6S. The molecule has 2 heterocycles. The highest BCUT2D eigenvalue weighted by Gasteiger charge is 2.27. The zero-order valence-electron chi connectivity index (χ0n) is 22.9. The van der Waals surface area contributed by atoms with Gasteiger partial charge in [-0.25, -0.2) is 18.2 Å². The number of fused-ring (bicyclic) bond motifs is 1. The van der Waals surface area contributed by atoms with E-state index in [0.29, 0.717) is 17.9 Å². The van der Waals surface area contributed by atoms with E-state index in [-0.39, 0.29) is 22.9 Å². The summed E-state index contributed by atoms with van der Waals surface area (Å²) < 4.78 is 36.8. The predicted molar refractivity (Wildman–Crippen MR) is 151 cm³/mol. The minimum Gasteiger partial charge on any atom is -0.468 e. The molecule has 0 spiro atoms. The number of methoxy groups -OCH3 is 1. The maximum atomic E-state index is 13.2. The molecule has 0 aliphatic carbocycles.